The molecule has 1 fully saturated rings. The molecule has 3 amide bonds. The lowest BCUT2D eigenvalue weighted by Gasteiger charge is -2.19. The van der Waals surface area contributed by atoms with Gasteiger partial charge in [-0.3, -0.25) is 4.79 Å². The van der Waals surface area contributed by atoms with E-state index in [9.17, 15) is 9.59 Å². The first-order valence-corrected chi connectivity index (χ1v) is 8.78. The molecule has 0 aliphatic carbocycles. The summed E-state index contributed by atoms with van der Waals surface area (Å²) in [7, 11) is 4.63. The molecular weight excluding hydrogens is 362 g/mol. The molecule has 2 N–H and O–H groups in total. The van der Waals surface area contributed by atoms with Crippen LogP contribution in [-0.2, 0) is 4.79 Å². The van der Waals surface area contributed by atoms with E-state index in [1.165, 1.54) is 7.11 Å². The maximum atomic E-state index is 12.4. The number of nitrogens with one attached hydrogen (secondary N) is 2. The minimum absolute atomic E-state index is 0.0742. The van der Waals surface area contributed by atoms with Gasteiger partial charge in [0.2, 0.25) is 5.91 Å². The predicted octanol–water partition coefficient (Wildman–Crippen LogP) is 2.64. The fourth-order valence-electron chi connectivity index (χ4n) is 3.14. The van der Waals surface area contributed by atoms with Crippen molar-refractivity contribution >= 4 is 23.3 Å². The lowest BCUT2D eigenvalue weighted by atomic mass is 10.2. The van der Waals surface area contributed by atoms with Crippen molar-refractivity contribution in [3.63, 3.8) is 0 Å². The van der Waals surface area contributed by atoms with Crippen LogP contribution in [0.15, 0.2) is 42.5 Å². The van der Waals surface area contributed by atoms with Gasteiger partial charge in [-0.1, -0.05) is 12.1 Å². The Bertz CT molecular complexity index is 871. The zero-order valence-corrected chi connectivity index (χ0v) is 16.0. The van der Waals surface area contributed by atoms with Crippen molar-refractivity contribution in [2.24, 2.45) is 0 Å². The number of para-hydroxylation sites is 2. The van der Waals surface area contributed by atoms with E-state index in [4.69, 9.17) is 14.2 Å². The Kier molecular flexibility index (Phi) is 5.88. The van der Waals surface area contributed by atoms with Gasteiger partial charge in [0.25, 0.3) is 0 Å². The number of benzene rings is 2. The van der Waals surface area contributed by atoms with Crippen molar-refractivity contribution in [3.05, 3.63) is 42.5 Å². The molecule has 1 aliphatic rings. The molecular formula is C20H23N3O5. The van der Waals surface area contributed by atoms with Gasteiger partial charge in [0, 0.05) is 24.7 Å². The summed E-state index contributed by atoms with van der Waals surface area (Å²) < 4.78 is 15.7. The SMILES string of the molecule is COc1ccccc1NC(=O)NC1CC(=O)N(c2ccc(OC)c(OC)c2)C1. The van der Waals surface area contributed by atoms with Crippen LogP contribution >= 0.6 is 0 Å². The van der Waals surface area contributed by atoms with Crippen LogP contribution in [0.3, 0.4) is 0 Å². The normalized spacial score (nSPS) is 15.9. The molecule has 8 nitrogen and oxygen atoms in total. The molecule has 1 unspecified atom stereocenters. The Morgan fingerprint density at radius 1 is 1.00 bits per heavy atom. The van der Waals surface area contributed by atoms with Gasteiger partial charge in [-0.25, -0.2) is 4.79 Å². The third kappa shape index (κ3) is 4.11. The molecule has 1 aliphatic heterocycles. The summed E-state index contributed by atoms with van der Waals surface area (Å²) in [6.45, 7) is 0.369. The van der Waals surface area contributed by atoms with E-state index in [1.54, 1.807) is 55.5 Å². The quantitative estimate of drug-likeness (QED) is 0.798. The largest absolute Gasteiger partial charge is 0.495 e. The fraction of sp³-hybridized carbons (Fsp3) is 0.300. The van der Waals surface area contributed by atoms with Crippen molar-refractivity contribution in [1.29, 1.82) is 0 Å². The molecule has 8 heteroatoms. The smallest absolute Gasteiger partial charge is 0.319 e. The second-order valence-electron chi connectivity index (χ2n) is 6.24. The van der Waals surface area contributed by atoms with E-state index in [1.807, 2.05) is 6.07 Å². The summed E-state index contributed by atoms with van der Waals surface area (Å²) in [5.41, 5.74) is 1.25. The van der Waals surface area contributed by atoms with Crippen LogP contribution in [0, 0.1) is 0 Å². The van der Waals surface area contributed by atoms with E-state index < -0.39 is 6.03 Å². The first kappa shape index (κ1) is 19.3. The van der Waals surface area contributed by atoms with Crippen LogP contribution in [0.4, 0.5) is 16.2 Å². The first-order valence-electron chi connectivity index (χ1n) is 8.78. The monoisotopic (exact) mass is 385 g/mol. The summed E-state index contributed by atoms with van der Waals surface area (Å²) in [4.78, 5) is 26.4. The highest BCUT2D eigenvalue weighted by Crippen LogP contribution is 2.33. The summed E-state index contributed by atoms with van der Waals surface area (Å²) in [6.07, 6.45) is 0.216. The minimum Gasteiger partial charge on any atom is -0.495 e. The van der Waals surface area contributed by atoms with Crippen molar-refractivity contribution < 1.29 is 23.8 Å². The fourth-order valence-corrected chi connectivity index (χ4v) is 3.14. The number of anilines is 2. The topological polar surface area (TPSA) is 89.1 Å². The molecule has 3 rings (SSSR count). The number of nitrogens with zero attached hydrogens (tertiary/aromatic N) is 1. The van der Waals surface area contributed by atoms with Gasteiger partial charge < -0.3 is 29.7 Å². The standard InChI is InChI=1S/C20H23N3O5/c1-26-16-7-5-4-6-15(16)22-20(25)21-13-10-19(24)23(12-13)14-8-9-17(27-2)18(11-14)28-3/h4-9,11,13H,10,12H2,1-3H3,(H2,21,22,25). The average molecular weight is 385 g/mol. The highest BCUT2D eigenvalue weighted by atomic mass is 16.5. The molecule has 0 spiro atoms. The van der Waals surface area contributed by atoms with Crippen LogP contribution in [0.1, 0.15) is 6.42 Å². The van der Waals surface area contributed by atoms with Crippen LogP contribution in [0.2, 0.25) is 0 Å². The molecule has 0 bridgehead atoms. The summed E-state index contributed by atoms with van der Waals surface area (Å²) in [6, 6.07) is 11.7. The van der Waals surface area contributed by atoms with Crippen molar-refractivity contribution in [2.45, 2.75) is 12.5 Å². The highest BCUT2D eigenvalue weighted by Gasteiger charge is 2.32. The number of ether oxygens (including phenoxy) is 3. The number of carbonyl (C=O) groups excluding carboxylic acids is 2. The van der Waals surface area contributed by atoms with E-state index in [2.05, 4.69) is 10.6 Å². The van der Waals surface area contributed by atoms with E-state index in [-0.39, 0.29) is 18.4 Å². The van der Waals surface area contributed by atoms with Crippen LogP contribution in [0.5, 0.6) is 17.2 Å². The lowest BCUT2D eigenvalue weighted by Crippen LogP contribution is -2.39. The number of methoxy groups -OCH3 is 3. The van der Waals surface area contributed by atoms with E-state index in [0.29, 0.717) is 35.2 Å². The van der Waals surface area contributed by atoms with Crippen LogP contribution in [0.25, 0.3) is 0 Å². The second kappa shape index (κ2) is 8.51. The zero-order chi connectivity index (χ0) is 20.1. The molecule has 2 aromatic rings. The Morgan fingerprint density at radius 3 is 2.43 bits per heavy atom. The molecule has 0 radical (unpaired) electrons. The number of rotatable bonds is 6. The number of hydrogen-bond acceptors (Lipinski definition) is 5. The molecule has 1 saturated heterocycles. The van der Waals surface area contributed by atoms with Gasteiger partial charge in [-0.2, -0.15) is 0 Å². The molecule has 1 atom stereocenters. The number of hydrogen-bond donors (Lipinski definition) is 2. The Morgan fingerprint density at radius 2 is 1.71 bits per heavy atom. The number of carbonyl (C=O) groups is 2. The van der Waals surface area contributed by atoms with Gasteiger partial charge in [-0.15, -0.1) is 0 Å². The first-order chi connectivity index (χ1) is 13.5. The summed E-state index contributed by atoms with van der Waals surface area (Å²) in [5, 5.41) is 5.59. The van der Waals surface area contributed by atoms with E-state index >= 15 is 0 Å². The number of amides is 3. The Labute approximate surface area is 163 Å². The van der Waals surface area contributed by atoms with Crippen molar-refractivity contribution in [3.8, 4) is 17.2 Å². The molecule has 0 aromatic heterocycles. The maximum absolute atomic E-state index is 12.4. The van der Waals surface area contributed by atoms with Gasteiger partial charge in [0.05, 0.1) is 33.1 Å². The third-order valence-electron chi connectivity index (χ3n) is 4.49. The van der Waals surface area contributed by atoms with Crippen molar-refractivity contribution in [2.75, 3.05) is 38.1 Å². The average Bonchev–Trinajstić information content (AvgIpc) is 3.07. The lowest BCUT2D eigenvalue weighted by molar-refractivity contribution is -0.117. The van der Waals surface area contributed by atoms with E-state index in [0.717, 1.165) is 0 Å². The van der Waals surface area contributed by atoms with Gasteiger partial charge in [-0.05, 0) is 24.3 Å². The Hall–Kier alpha value is -3.42. The van der Waals surface area contributed by atoms with Crippen molar-refractivity contribution in [1.82, 2.24) is 5.32 Å². The third-order valence-corrected chi connectivity index (χ3v) is 4.49. The summed E-state index contributed by atoms with van der Waals surface area (Å²) >= 11 is 0. The minimum atomic E-state index is -0.392. The van der Waals surface area contributed by atoms with Gasteiger partial charge in [0.15, 0.2) is 11.5 Å². The maximum Gasteiger partial charge on any atom is 0.319 e. The van der Waals surface area contributed by atoms with Crippen LogP contribution in [-0.4, -0.2) is 45.9 Å². The molecule has 28 heavy (non-hydrogen) atoms. The number of urea groups is 1. The molecule has 0 saturated carbocycles. The molecule has 148 valence electrons. The molecule has 2 aromatic carbocycles. The zero-order valence-electron chi connectivity index (χ0n) is 16.0. The second-order valence-corrected chi connectivity index (χ2v) is 6.24. The predicted molar refractivity (Wildman–Crippen MR) is 105 cm³/mol. The van der Waals surface area contributed by atoms with Gasteiger partial charge in [0.1, 0.15) is 5.75 Å². The highest BCUT2D eigenvalue weighted by molar-refractivity contribution is 5.98. The van der Waals surface area contributed by atoms with Crippen LogP contribution < -0.4 is 29.7 Å². The molecule has 1 heterocycles. The Balaban J connectivity index is 1.65. The van der Waals surface area contributed by atoms with Gasteiger partial charge >= 0.3 is 6.03 Å². The summed E-state index contributed by atoms with van der Waals surface area (Å²) in [5.74, 6) is 1.61.